The molecule has 0 saturated heterocycles. The Kier molecular flexibility index (Phi) is 6.75. The smallest absolute Gasteiger partial charge is 0.305 e. The first kappa shape index (κ1) is 20.6. The number of hydrogen-bond donors (Lipinski definition) is 2. The van der Waals surface area contributed by atoms with Crippen molar-refractivity contribution in [3.63, 3.8) is 0 Å². The molecule has 0 bridgehead atoms. The largest absolute Gasteiger partial charge is 0.481 e. The highest BCUT2D eigenvalue weighted by Gasteiger charge is 2.20. The van der Waals surface area contributed by atoms with Crippen LogP contribution in [0.5, 0.6) is 0 Å². The van der Waals surface area contributed by atoms with E-state index in [0.29, 0.717) is 12.2 Å². The summed E-state index contributed by atoms with van der Waals surface area (Å²) in [6, 6.07) is 14.2. The van der Waals surface area contributed by atoms with Crippen LogP contribution in [0.15, 0.2) is 48.5 Å². The fourth-order valence-corrected chi connectivity index (χ4v) is 2.80. The molecule has 27 heavy (non-hydrogen) atoms. The van der Waals surface area contributed by atoms with Crippen LogP contribution in [0.1, 0.15) is 60.3 Å². The van der Waals surface area contributed by atoms with E-state index in [1.807, 2.05) is 36.4 Å². The van der Waals surface area contributed by atoms with Crippen LogP contribution < -0.4 is 5.32 Å². The maximum absolute atomic E-state index is 12.6. The zero-order valence-electron chi connectivity index (χ0n) is 16.3. The summed E-state index contributed by atoms with van der Waals surface area (Å²) in [5.41, 5.74) is 3.38. The van der Waals surface area contributed by atoms with Crippen molar-refractivity contribution in [2.24, 2.45) is 0 Å². The van der Waals surface area contributed by atoms with Crippen LogP contribution in [0.4, 0.5) is 0 Å². The molecule has 0 fully saturated rings. The summed E-state index contributed by atoms with van der Waals surface area (Å²) >= 11 is 0. The average molecular weight is 369 g/mol. The molecular weight excluding hydrogens is 342 g/mol. The Bertz CT molecular complexity index is 773. The number of benzene rings is 2. The zero-order chi connectivity index (χ0) is 20.0. The highest BCUT2D eigenvalue weighted by atomic mass is 16.5. The quantitative estimate of drug-likeness (QED) is 0.771. The molecule has 0 heterocycles. The molecule has 2 aromatic carbocycles. The maximum atomic E-state index is 12.6. The minimum atomic E-state index is -0.962. The number of nitrogens with one attached hydrogen (secondary N) is 1. The van der Waals surface area contributed by atoms with Crippen LogP contribution in [0.3, 0.4) is 0 Å². The topological polar surface area (TPSA) is 75.6 Å². The van der Waals surface area contributed by atoms with Gasteiger partial charge in [0.05, 0.1) is 19.1 Å². The van der Waals surface area contributed by atoms with Gasteiger partial charge >= 0.3 is 5.97 Å². The summed E-state index contributed by atoms with van der Waals surface area (Å²) in [6.07, 6.45) is -0.178. The molecule has 5 heteroatoms. The zero-order valence-corrected chi connectivity index (χ0v) is 16.3. The van der Waals surface area contributed by atoms with E-state index in [-0.39, 0.29) is 17.7 Å². The lowest BCUT2D eigenvalue weighted by atomic mass is 9.86. The van der Waals surface area contributed by atoms with Gasteiger partial charge in [-0.1, -0.05) is 57.2 Å². The number of carboxylic acid groups (broad SMARTS) is 1. The molecule has 2 aromatic rings. The van der Waals surface area contributed by atoms with E-state index in [1.54, 1.807) is 19.2 Å². The SMILES string of the molecule is COCc1ccc(C(=O)NC(CC(=O)O)c2ccc(C(C)(C)C)cc2)cc1. The van der Waals surface area contributed by atoms with Gasteiger partial charge in [-0.25, -0.2) is 0 Å². The number of methoxy groups -OCH3 is 1. The molecule has 2 rings (SSSR count). The molecule has 144 valence electrons. The lowest BCUT2D eigenvalue weighted by molar-refractivity contribution is -0.137. The molecule has 1 atom stereocenters. The Morgan fingerprint density at radius 2 is 1.63 bits per heavy atom. The summed E-state index contributed by atoms with van der Waals surface area (Å²) < 4.78 is 5.06. The highest BCUT2D eigenvalue weighted by Crippen LogP contribution is 2.25. The van der Waals surface area contributed by atoms with E-state index in [1.165, 1.54) is 0 Å². The molecule has 5 nitrogen and oxygen atoms in total. The first-order valence-electron chi connectivity index (χ1n) is 8.91. The Hall–Kier alpha value is -2.66. The molecule has 2 N–H and O–H groups in total. The molecular formula is C22H27NO4. The van der Waals surface area contributed by atoms with Gasteiger partial charge in [-0.05, 0) is 34.2 Å². The number of carbonyl (C=O) groups is 2. The second kappa shape index (κ2) is 8.82. The lowest BCUT2D eigenvalue weighted by Gasteiger charge is -2.22. The molecule has 0 aliphatic heterocycles. The molecule has 0 aromatic heterocycles. The summed E-state index contributed by atoms with van der Waals surface area (Å²) in [6.45, 7) is 6.83. The molecule has 1 unspecified atom stereocenters. The van der Waals surface area contributed by atoms with Crippen molar-refractivity contribution in [2.75, 3.05) is 7.11 Å². The van der Waals surface area contributed by atoms with E-state index in [0.717, 1.165) is 16.7 Å². The number of carboxylic acids is 1. The van der Waals surface area contributed by atoms with Crippen LogP contribution in [0, 0.1) is 0 Å². The predicted octanol–water partition coefficient (Wildman–Crippen LogP) is 4.08. The number of rotatable bonds is 7. The highest BCUT2D eigenvalue weighted by molar-refractivity contribution is 5.94. The van der Waals surface area contributed by atoms with Crippen molar-refractivity contribution in [2.45, 2.75) is 45.3 Å². The van der Waals surface area contributed by atoms with Crippen molar-refractivity contribution in [3.05, 3.63) is 70.8 Å². The Balaban J connectivity index is 2.18. The summed E-state index contributed by atoms with van der Waals surface area (Å²) in [4.78, 5) is 23.8. The fourth-order valence-electron chi connectivity index (χ4n) is 2.80. The van der Waals surface area contributed by atoms with Gasteiger partial charge < -0.3 is 15.2 Å². The van der Waals surface area contributed by atoms with E-state index in [4.69, 9.17) is 4.74 Å². The second-order valence-corrected chi connectivity index (χ2v) is 7.63. The standard InChI is InChI=1S/C22H27NO4/c1-22(2,3)18-11-9-16(10-12-18)19(13-20(24)25)23-21(26)17-7-5-15(6-8-17)14-27-4/h5-12,19H,13-14H2,1-4H3,(H,23,26)(H,24,25). The fraction of sp³-hybridized carbons (Fsp3) is 0.364. The van der Waals surface area contributed by atoms with Gasteiger partial charge in [-0.15, -0.1) is 0 Å². The third kappa shape index (κ3) is 5.93. The lowest BCUT2D eigenvalue weighted by Crippen LogP contribution is -2.30. The number of amides is 1. The number of aliphatic carboxylic acids is 1. The first-order valence-corrected chi connectivity index (χ1v) is 8.91. The van der Waals surface area contributed by atoms with Crippen molar-refractivity contribution in [1.29, 1.82) is 0 Å². The van der Waals surface area contributed by atoms with Crippen molar-refractivity contribution >= 4 is 11.9 Å². The van der Waals surface area contributed by atoms with Crippen LogP contribution in [0.2, 0.25) is 0 Å². The van der Waals surface area contributed by atoms with Crippen molar-refractivity contribution in [3.8, 4) is 0 Å². The maximum Gasteiger partial charge on any atom is 0.305 e. The van der Waals surface area contributed by atoms with Crippen molar-refractivity contribution in [1.82, 2.24) is 5.32 Å². The van der Waals surface area contributed by atoms with Crippen LogP contribution in [-0.2, 0) is 21.6 Å². The van der Waals surface area contributed by atoms with E-state index in [9.17, 15) is 14.7 Å². The predicted molar refractivity (Wildman–Crippen MR) is 105 cm³/mol. The van der Waals surface area contributed by atoms with E-state index >= 15 is 0 Å². The van der Waals surface area contributed by atoms with E-state index in [2.05, 4.69) is 26.1 Å². The van der Waals surface area contributed by atoms with Gasteiger partial charge in [0.1, 0.15) is 0 Å². The molecule has 0 aliphatic rings. The van der Waals surface area contributed by atoms with E-state index < -0.39 is 12.0 Å². The minimum absolute atomic E-state index is 0.00796. The summed E-state index contributed by atoms with van der Waals surface area (Å²) in [5, 5.41) is 12.1. The van der Waals surface area contributed by atoms with Gasteiger partial charge in [0.15, 0.2) is 0 Å². The number of hydrogen-bond acceptors (Lipinski definition) is 3. The average Bonchev–Trinajstić information content (AvgIpc) is 2.61. The second-order valence-electron chi connectivity index (χ2n) is 7.63. The Morgan fingerprint density at radius 1 is 1.04 bits per heavy atom. The normalized spacial score (nSPS) is 12.4. The third-order valence-electron chi connectivity index (χ3n) is 4.39. The van der Waals surface area contributed by atoms with Crippen molar-refractivity contribution < 1.29 is 19.4 Å². The molecule has 0 spiro atoms. The summed E-state index contributed by atoms with van der Waals surface area (Å²) in [5.74, 6) is -1.26. The van der Waals surface area contributed by atoms with Crippen LogP contribution in [-0.4, -0.2) is 24.1 Å². The summed E-state index contributed by atoms with van der Waals surface area (Å²) in [7, 11) is 1.61. The molecule has 0 radical (unpaired) electrons. The number of ether oxygens (including phenoxy) is 1. The van der Waals surface area contributed by atoms with Crippen LogP contribution in [0.25, 0.3) is 0 Å². The molecule has 1 amide bonds. The monoisotopic (exact) mass is 369 g/mol. The van der Waals surface area contributed by atoms with Gasteiger partial charge in [0.25, 0.3) is 5.91 Å². The van der Waals surface area contributed by atoms with Gasteiger partial charge in [-0.3, -0.25) is 9.59 Å². The number of carbonyl (C=O) groups excluding carboxylic acids is 1. The Labute approximate surface area is 160 Å². The third-order valence-corrected chi connectivity index (χ3v) is 4.39. The van der Waals surface area contributed by atoms with Gasteiger partial charge in [0, 0.05) is 12.7 Å². The minimum Gasteiger partial charge on any atom is -0.481 e. The van der Waals surface area contributed by atoms with Gasteiger partial charge in [-0.2, -0.15) is 0 Å². The molecule has 0 saturated carbocycles. The Morgan fingerprint density at radius 3 is 2.11 bits per heavy atom. The van der Waals surface area contributed by atoms with Gasteiger partial charge in [0.2, 0.25) is 0 Å². The van der Waals surface area contributed by atoms with Crippen LogP contribution >= 0.6 is 0 Å². The first-order chi connectivity index (χ1) is 12.7. The molecule has 0 aliphatic carbocycles.